The van der Waals surface area contributed by atoms with Crippen molar-refractivity contribution in [2.75, 3.05) is 32.0 Å². The quantitative estimate of drug-likeness (QED) is 0.688. The highest BCUT2D eigenvalue weighted by atomic mass is 19.4. The Morgan fingerprint density at radius 3 is 2.43 bits per heavy atom. The molecule has 0 fully saturated rings. The van der Waals surface area contributed by atoms with Crippen LogP contribution in [-0.2, 0) is 15.8 Å². The summed E-state index contributed by atoms with van der Waals surface area (Å²) in [7, 11) is 1.66. The summed E-state index contributed by atoms with van der Waals surface area (Å²) in [4.78, 5) is 24.0. The second-order valence-corrected chi connectivity index (χ2v) is 5.29. The van der Waals surface area contributed by atoms with Crippen LogP contribution in [0.4, 0.5) is 18.9 Å². The number of rotatable bonds is 7. The summed E-state index contributed by atoms with van der Waals surface area (Å²) in [6.07, 6.45) is -3.64. The van der Waals surface area contributed by atoms with Crippen molar-refractivity contribution in [3.8, 4) is 0 Å². The molecule has 1 aromatic carbocycles. The van der Waals surface area contributed by atoms with Crippen molar-refractivity contribution < 1.29 is 27.7 Å². The lowest BCUT2D eigenvalue weighted by atomic mass is 10.2. The number of anilines is 1. The molecule has 128 valence electrons. The maximum absolute atomic E-state index is 12.6. The number of halogens is 3. The first-order valence-corrected chi connectivity index (χ1v) is 7.27. The molecule has 2 amide bonds. The first kappa shape index (κ1) is 19.0. The van der Waals surface area contributed by atoms with Gasteiger partial charge in [-0.05, 0) is 24.6 Å². The number of quaternary nitrogens is 1. The lowest BCUT2D eigenvalue weighted by Crippen LogP contribution is -3.11. The van der Waals surface area contributed by atoms with Crippen LogP contribution in [0.1, 0.15) is 18.9 Å². The van der Waals surface area contributed by atoms with Crippen LogP contribution in [0.15, 0.2) is 24.3 Å². The van der Waals surface area contributed by atoms with Crippen molar-refractivity contribution in [2.45, 2.75) is 19.5 Å². The number of alkyl halides is 3. The first-order valence-electron chi connectivity index (χ1n) is 7.27. The van der Waals surface area contributed by atoms with E-state index in [-0.39, 0.29) is 24.7 Å². The zero-order valence-electron chi connectivity index (χ0n) is 13.1. The van der Waals surface area contributed by atoms with Gasteiger partial charge in [0.05, 0.1) is 12.6 Å². The van der Waals surface area contributed by atoms with Crippen LogP contribution in [0.3, 0.4) is 0 Å². The molecule has 23 heavy (non-hydrogen) atoms. The standard InChI is InChI=1S/C15H20F3N3O2/c1-3-7-19-13(22)9-21(2)10-14(23)20-12-6-4-5-11(8-12)15(16,17)18/h4-6,8H,3,7,9-10H2,1-2H3,(H,19,22)(H,20,23)/p+1. The first-order chi connectivity index (χ1) is 10.7. The molecule has 1 aromatic rings. The molecule has 5 nitrogen and oxygen atoms in total. The van der Waals surface area contributed by atoms with Gasteiger partial charge in [-0.3, -0.25) is 9.59 Å². The van der Waals surface area contributed by atoms with Gasteiger partial charge in [-0.1, -0.05) is 13.0 Å². The van der Waals surface area contributed by atoms with Gasteiger partial charge in [-0.2, -0.15) is 13.2 Å². The summed E-state index contributed by atoms with van der Waals surface area (Å²) in [5, 5.41) is 5.10. The van der Waals surface area contributed by atoms with Crippen molar-refractivity contribution in [2.24, 2.45) is 0 Å². The highest BCUT2D eigenvalue weighted by Crippen LogP contribution is 2.30. The molecule has 0 bridgehead atoms. The van der Waals surface area contributed by atoms with Crippen molar-refractivity contribution in [1.29, 1.82) is 0 Å². The summed E-state index contributed by atoms with van der Waals surface area (Å²) in [5.41, 5.74) is -0.747. The van der Waals surface area contributed by atoms with Crippen LogP contribution in [0.25, 0.3) is 0 Å². The van der Waals surface area contributed by atoms with E-state index in [2.05, 4.69) is 10.6 Å². The smallest absolute Gasteiger partial charge is 0.351 e. The van der Waals surface area contributed by atoms with Gasteiger partial charge in [0.25, 0.3) is 11.8 Å². The van der Waals surface area contributed by atoms with Crippen molar-refractivity contribution in [3.63, 3.8) is 0 Å². The zero-order valence-corrected chi connectivity index (χ0v) is 13.1. The molecule has 8 heteroatoms. The number of benzene rings is 1. The molecule has 1 unspecified atom stereocenters. The highest BCUT2D eigenvalue weighted by Gasteiger charge is 2.30. The molecule has 1 rings (SSSR count). The SMILES string of the molecule is CCCNC(=O)C[NH+](C)CC(=O)Nc1cccc(C(F)(F)F)c1. The van der Waals surface area contributed by atoms with Gasteiger partial charge in [0.2, 0.25) is 0 Å². The normalized spacial score (nSPS) is 12.6. The molecule has 0 radical (unpaired) electrons. The monoisotopic (exact) mass is 332 g/mol. The molecular weight excluding hydrogens is 311 g/mol. The largest absolute Gasteiger partial charge is 0.416 e. The van der Waals surface area contributed by atoms with Crippen LogP contribution in [-0.4, -0.2) is 38.5 Å². The van der Waals surface area contributed by atoms with Crippen molar-refractivity contribution in [3.05, 3.63) is 29.8 Å². The second kappa shape index (κ2) is 8.52. The minimum absolute atomic E-state index is 0.0181. The predicted octanol–water partition coefficient (Wildman–Crippen LogP) is 0.685. The molecule has 0 saturated heterocycles. The maximum Gasteiger partial charge on any atom is 0.416 e. The molecule has 0 saturated carbocycles. The molecule has 3 N–H and O–H groups in total. The number of likely N-dealkylation sites (N-methyl/N-ethyl adjacent to an activating group) is 1. The molecule has 0 aromatic heterocycles. The lowest BCUT2D eigenvalue weighted by molar-refractivity contribution is -0.862. The van der Waals surface area contributed by atoms with Crippen molar-refractivity contribution in [1.82, 2.24) is 5.32 Å². The van der Waals surface area contributed by atoms with Gasteiger partial charge >= 0.3 is 6.18 Å². The van der Waals surface area contributed by atoms with Crippen molar-refractivity contribution >= 4 is 17.5 Å². The molecule has 0 spiro atoms. The minimum Gasteiger partial charge on any atom is -0.351 e. The molecule has 0 aliphatic heterocycles. The van der Waals surface area contributed by atoms with Crippen LogP contribution in [0.2, 0.25) is 0 Å². The van der Waals surface area contributed by atoms with Crippen LogP contribution >= 0.6 is 0 Å². The van der Waals surface area contributed by atoms with Crippen LogP contribution in [0.5, 0.6) is 0 Å². The number of carbonyl (C=O) groups is 2. The number of carbonyl (C=O) groups excluding carboxylic acids is 2. The van der Waals surface area contributed by atoms with E-state index >= 15 is 0 Å². The molecule has 0 aliphatic carbocycles. The minimum atomic E-state index is -4.46. The Hall–Kier alpha value is -2.09. The summed E-state index contributed by atoms with van der Waals surface area (Å²) in [6.45, 7) is 2.60. The molecule has 0 heterocycles. The molecule has 1 atom stereocenters. The average molecular weight is 332 g/mol. The summed E-state index contributed by atoms with van der Waals surface area (Å²) in [5.74, 6) is -0.624. The molecule has 0 aliphatic rings. The van der Waals surface area contributed by atoms with Gasteiger partial charge < -0.3 is 15.5 Å². The fourth-order valence-electron chi connectivity index (χ4n) is 1.92. The Labute approximate surface area is 132 Å². The van der Waals surface area contributed by atoms with E-state index in [1.54, 1.807) is 7.05 Å². The van der Waals surface area contributed by atoms with E-state index in [0.717, 1.165) is 18.6 Å². The Morgan fingerprint density at radius 2 is 1.83 bits per heavy atom. The van der Waals surface area contributed by atoms with Gasteiger partial charge in [0.15, 0.2) is 13.1 Å². The van der Waals surface area contributed by atoms with E-state index in [9.17, 15) is 22.8 Å². The average Bonchev–Trinajstić information content (AvgIpc) is 2.44. The Balaban J connectivity index is 2.52. The Bertz CT molecular complexity index is 547. The maximum atomic E-state index is 12.6. The third-order valence-electron chi connectivity index (χ3n) is 2.97. The van der Waals surface area contributed by atoms with Crippen LogP contribution in [0, 0.1) is 0 Å². The lowest BCUT2D eigenvalue weighted by Gasteiger charge is -2.14. The Morgan fingerprint density at radius 1 is 1.17 bits per heavy atom. The summed E-state index contributed by atoms with van der Waals surface area (Å²) in [6, 6.07) is 4.43. The third-order valence-corrected chi connectivity index (χ3v) is 2.97. The summed E-state index contributed by atoms with van der Waals surface area (Å²) < 4.78 is 37.8. The summed E-state index contributed by atoms with van der Waals surface area (Å²) >= 11 is 0. The van der Waals surface area contributed by atoms with Gasteiger partial charge in [-0.15, -0.1) is 0 Å². The molecular formula is C15H21F3N3O2+. The highest BCUT2D eigenvalue weighted by molar-refractivity contribution is 5.91. The topological polar surface area (TPSA) is 62.6 Å². The Kier molecular flexibility index (Phi) is 7.02. The number of hydrogen-bond donors (Lipinski definition) is 3. The van der Waals surface area contributed by atoms with E-state index in [1.165, 1.54) is 12.1 Å². The number of nitrogens with one attached hydrogen (secondary N) is 3. The number of hydrogen-bond acceptors (Lipinski definition) is 2. The van der Waals surface area contributed by atoms with E-state index < -0.39 is 17.6 Å². The third kappa shape index (κ3) is 7.14. The van der Waals surface area contributed by atoms with E-state index in [1.807, 2.05) is 6.92 Å². The second-order valence-electron chi connectivity index (χ2n) is 5.29. The van der Waals surface area contributed by atoms with Gasteiger partial charge in [0.1, 0.15) is 0 Å². The van der Waals surface area contributed by atoms with E-state index in [0.29, 0.717) is 11.4 Å². The number of amides is 2. The van der Waals surface area contributed by atoms with E-state index in [4.69, 9.17) is 0 Å². The fraction of sp³-hybridized carbons (Fsp3) is 0.467. The zero-order chi connectivity index (χ0) is 17.5. The fourth-order valence-corrected chi connectivity index (χ4v) is 1.92. The predicted molar refractivity (Wildman–Crippen MR) is 80.0 cm³/mol. The van der Waals surface area contributed by atoms with Gasteiger partial charge in [-0.25, -0.2) is 0 Å². The van der Waals surface area contributed by atoms with Crippen LogP contribution < -0.4 is 15.5 Å². The van der Waals surface area contributed by atoms with Gasteiger partial charge in [0, 0.05) is 12.2 Å².